The summed E-state index contributed by atoms with van der Waals surface area (Å²) in [7, 11) is 0. The van der Waals surface area contributed by atoms with Crippen LogP contribution in [0, 0.1) is 0 Å². The normalized spacial score (nSPS) is 26.3. The van der Waals surface area contributed by atoms with E-state index in [4.69, 9.17) is 0 Å². The Balaban J connectivity index is 2.33. The average molecular weight is 167 g/mol. The van der Waals surface area contributed by atoms with Crippen molar-refractivity contribution in [3.8, 4) is 0 Å². The van der Waals surface area contributed by atoms with E-state index >= 15 is 0 Å². The first-order valence-electron chi connectivity index (χ1n) is 3.29. The number of likely N-dealkylation sites (tertiary alicyclic amines) is 1. The van der Waals surface area contributed by atoms with E-state index in [1.807, 2.05) is 0 Å². The summed E-state index contributed by atoms with van der Waals surface area (Å²) in [5.41, 5.74) is 0. The Morgan fingerprint density at radius 2 is 2.18 bits per heavy atom. The Bertz CT molecular complexity index is 156. The third kappa shape index (κ3) is 2.18. The first-order chi connectivity index (χ1) is 5.03. The van der Waals surface area contributed by atoms with Crippen molar-refractivity contribution < 1.29 is 18.0 Å². The molecule has 0 radical (unpaired) electrons. The molecule has 1 saturated heterocycles. The van der Waals surface area contributed by atoms with Crippen LogP contribution in [0.1, 0.15) is 6.42 Å². The summed E-state index contributed by atoms with van der Waals surface area (Å²) < 4.78 is 35.0. The second-order valence-corrected chi connectivity index (χ2v) is 2.58. The lowest BCUT2D eigenvalue weighted by atomic mass is 10.1. The number of hydrogen-bond donors (Lipinski definition) is 0. The van der Waals surface area contributed by atoms with Gasteiger partial charge in [0.05, 0.1) is 12.6 Å². The lowest BCUT2D eigenvalue weighted by molar-refractivity contribution is -0.162. The lowest BCUT2D eigenvalue weighted by Crippen LogP contribution is -2.52. The number of hydrogen-bond acceptors (Lipinski definition) is 2. The maximum Gasteiger partial charge on any atom is 0.401 e. The summed E-state index contributed by atoms with van der Waals surface area (Å²) in [5, 5.41) is 0. The number of halogens is 3. The fourth-order valence-electron chi connectivity index (χ4n) is 1.04. The predicted molar refractivity (Wildman–Crippen MR) is 32.1 cm³/mol. The number of carbonyl (C=O) groups excluding carboxylic acids is 1. The highest BCUT2D eigenvalue weighted by Gasteiger charge is 2.37. The first-order valence-corrected chi connectivity index (χ1v) is 3.29. The molecule has 0 aromatic heterocycles. The van der Waals surface area contributed by atoms with Crippen LogP contribution in [0.4, 0.5) is 13.2 Å². The third-order valence-electron chi connectivity index (χ3n) is 1.72. The van der Waals surface area contributed by atoms with Gasteiger partial charge in [-0.2, -0.15) is 13.2 Å². The van der Waals surface area contributed by atoms with Gasteiger partial charge in [0.2, 0.25) is 0 Å². The Morgan fingerprint density at radius 3 is 2.45 bits per heavy atom. The smallest absolute Gasteiger partial charge is 0.302 e. The van der Waals surface area contributed by atoms with Gasteiger partial charge < -0.3 is 4.79 Å². The zero-order valence-electron chi connectivity index (χ0n) is 5.77. The lowest BCUT2D eigenvalue weighted by Gasteiger charge is -2.37. The molecule has 64 valence electrons. The molecule has 1 heterocycles. The Hall–Kier alpha value is -0.580. The molecular weight excluding hydrogens is 159 g/mol. The molecule has 0 bridgehead atoms. The van der Waals surface area contributed by atoms with Crippen molar-refractivity contribution in [1.29, 1.82) is 0 Å². The van der Waals surface area contributed by atoms with Gasteiger partial charge in [0.15, 0.2) is 0 Å². The van der Waals surface area contributed by atoms with E-state index in [-0.39, 0.29) is 0 Å². The minimum Gasteiger partial charge on any atom is -0.302 e. The van der Waals surface area contributed by atoms with Crippen LogP contribution in [0.2, 0.25) is 0 Å². The Labute approximate surface area is 62.0 Å². The third-order valence-corrected chi connectivity index (χ3v) is 1.72. The number of aldehydes is 1. The van der Waals surface area contributed by atoms with Gasteiger partial charge >= 0.3 is 6.18 Å². The molecule has 5 heteroatoms. The summed E-state index contributed by atoms with van der Waals surface area (Å²) in [6.07, 6.45) is -3.06. The van der Waals surface area contributed by atoms with Gasteiger partial charge in [0, 0.05) is 6.54 Å². The van der Waals surface area contributed by atoms with Crippen molar-refractivity contribution in [2.75, 3.05) is 13.1 Å². The molecule has 0 N–H and O–H groups in total. The van der Waals surface area contributed by atoms with Crippen molar-refractivity contribution in [2.45, 2.75) is 18.6 Å². The highest BCUT2D eigenvalue weighted by atomic mass is 19.4. The molecule has 1 fully saturated rings. The number of rotatable bonds is 2. The Morgan fingerprint density at radius 1 is 1.55 bits per heavy atom. The van der Waals surface area contributed by atoms with E-state index < -0.39 is 18.8 Å². The summed E-state index contributed by atoms with van der Waals surface area (Å²) in [4.78, 5) is 11.2. The second-order valence-electron chi connectivity index (χ2n) is 2.58. The topological polar surface area (TPSA) is 20.3 Å². The van der Waals surface area contributed by atoms with Gasteiger partial charge in [-0.15, -0.1) is 0 Å². The average Bonchev–Trinajstić information content (AvgIpc) is 1.80. The van der Waals surface area contributed by atoms with Crippen molar-refractivity contribution in [2.24, 2.45) is 0 Å². The zero-order chi connectivity index (χ0) is 8.48. The van der Waals surface area contributed by atoms with Crippen LogP contribution in [-0.2, 0) is 4.79 Å². The van der Waals surface area contributed by atoms with Crippen molar-refractivity contribution in [3.63, 3.8) is 0 Å². The Kier molecular flexibility index (Phi) is 2.17. The molecule has 0 aromatic rings. The van der Waals surface area contributed by atoms with Gasteiger partial charge in [0.1, 0.15) is 6.29 Å². The van der Waals surface area contributed by atoms with Gasteiger partial charge in [0.25, 0.3) is 0 Å². The van der Waals surface area contributed by atoms with E-state index in [0.29, 0.717) is 19.3 Å². The SMILES string of the molecule is O=CC1CCN1CC(F)(F)F. The minimum absolute atomic E-state index is 0.378. The van der Waals surface area contributed by atoms with Gasteiger partial charge in [-0.25, -0.2) is 0 Å². The molecule has 0 aromatic carbocycles. The first kappa shape index (κ1) is 8.52. The quantitative estimate of drug-likeness (QED) is 0.567. The monoisotopic (exact) mass is 167 g/mol. The molecule has 2 nitrogen and oxygen atoms in total. The fraction of sp³-hybridized carbons (Fsp3) is 0.833. The van der Waals surface area contributed by atoms with Gasteiger partial charge in [-0.3, -0.25) is 4.90 Å². The number of nitrogens with zero attached hydrogens (tertiary/aromatic N) is 1. The highest BCUT2D eigenvalue weighted by Crippen LogP contribution is 2.23. The molecule has 1 unspecified atom stereocenters. The molecule has 11 heavy (non-hydrogen) atoms. The number of alkyl halides is 3. The fourth-order valence-corrected chi connectivity index (χ4v) is 1.04. The predicted octanol–water partition coefficient (Wildman–Crippen LogP) is 0.822. The van der Waals surface area contributed by atoms with E-state index in [1.54, 1.807) is 0 Å². The van der Waals surface area contributed by atoms with Crippen molar-refractivity contribution in [3.05, 3.63) is 0 Å². The molecule has 0 amide bonds. The summed E-state index contributed by atoms with van der Waals surface area (Å²) in [5.74, 6) is 0. The maximum atomic E-state index is 11.7. The van der Waals surface area contributed by atoms with E-state index in [0.717, 1.165) is 4.90 Å². The zero-order valence-corrected chi connectivity index (χ0v) is 5.77. The minimum atomic E-state index is -4.18. The molecular formula is C6H8F3NO. The van der Waals surface area contributed by atoms with Crippen LogP contribution in [-0.4, -0.2) is 36.5 Å². The standard InChI is InChI=1S/C6H8F3NO/c7-6(8,9)4-10-2-1-5(10)3-11/h3,5H,1-2,4H2. The molecule has 0 spiro atoms. The molecule has 1 rings (SSSR count). The van der Waals surface area contributed by atoms with Gasteiger partial charge in [-0.05, 0) is 6.42 Å². The van der Waals surface area contributed by atoms with E-state index in [9.17, 15) is 18.0 Å². The largest absolute Gasteiger partial charge is 0.401 e. The van der Waals surface area contributed by atoms with Crippen LogP contribution in [0.15, 0.2) is 0 Å². The maximum absolute atomic E-state index is 11.7. The molecule has 0 aliphatic carbocycles. The van der Waals surface area contributed by atoms with E-state index in [1.165, 1.54) is 0 Å². The van der Waals surface area contributed by atoms with Crippen LogP contribution in [0.25, 0.3) is 0 Å². The van der Waals surface area contributed by atoms with Crippen molar-refractivity contribution in [1.82, 2.24) is 4.90 Å². The van der Waals surface area contributed by atoms with Crippen LogP contribution >= 0.6 is 0 Å². The summed E-state index contributed by atoms with van der Waals surface area (Å²) in [6, 6.07) is -0.503. The van der Waals surface area contributed by atoms with E-state index in [2.05, 4.69) is 0 Å². The second kappa shape index (κ2) is 2.81. The van der Waals surface area contributed by atoms with Crippen molar-refractivity contribution >= 4 is 6.29 Å². The van der Waals surface area contributed by atoms with Crippen LogP contribution in [0.5, 0.6) is 0 Å². The number of carbonyl (C=O) groups is 1. The highest BCUT2D eigenvalue weighted by molar-refractivity contribution is 5.59. The molecule has 1 aliphatic rings. The summed E-state index contributed by atoms with van der Waals surface area (Å²) >= 11 is 0. The molecule has 0 saturated carbocycles. The van der Waals surface area contributed by atoms with Crippen LogP contribution < -0.4 is 0 Å². The van der Waals surface area contributed by atoms with Crippen LogP contribution in [0.3, 0.4) is 0 Å². The molecule has 1 atom stereocenters. The van der Waals surface area contributed by atoms with Gasteiger partial charge in [-0.1, -0.05) is 0 Å². The summed E-state index contributed by atoms with van der Waals surface area (Å²) in [6.45, 7) is -0.584. The molecule has 1 aliphatic heterocycles.